The number of aryl methyl sites for hydroxylation is 2. The molecule has 2 amide bonds. The summed E-state index contributed by atoms with van der Waals surface area (Å²) in [5.74, 6) is -0.135. The second-order valence-electron chi connectivity index (χ2n) is 4.66. The zero-order chi connectivity index (χ0) is 14.0. The van der Waals surface area contributed by atoms with Gasteiger partial charge in [0.1, 0.15) is 0 Å². The van der Waals surface area contributed by atoms with Gasteiger partial charge in [0.25, 0.3) is 0 Å². The number of carbonyl (C=O) groups is 2. The van der Waals surface area contributed by atoms with Crippen LogP contribution in [0.4, 0.5) is 5.69 Å². The third kappa shape index (κ3) is 2.70. The number of likely N-dealkylation sites (tertiary alicyclic amines) is 1. The van der Waals surface area contributed by atoms with Crippen LogP contribution in [0.2, 0.25) is 0 Å². The second kappa shape index (κ2) is 5.21. The number of nitrogens with one attached hydrogen (secondary N) is 1. The van der Waals surface area contributed by atoms with Crippen molar-refractivity contribution in [1.82, 2.24) is 4.90 Å². The SMILES string of the molecule is [2H]c1cc(C)c(NC(=O)CN2CCCC2=O)c(C)c1. The highest BCUT2D eigenvalue weighted by atomic mass is 16.2. The van der Waals surface area contributed by atoms with Gasteiger partial charge >= 0.3 is 0 Å². The molecule has 1 heterocycles. The van der Waals surface area contributed by atoms with E-state index in [0.717, 1.165) is 23.2 Å². The number of carbonyl (C=O) groups excluding carboxylic acids is 2. The van der Waals surface area contributed by atoms with Gasteiger partial charge in [0, 0.05) is 18.7 Å². The topological polar surface area (TPSA) is 49.4 Å². The fraction of sp³-hybridized carbons (Fsp3) is 0.429. The number of para-hydroxylation sites is 1. The number of hydrogen-bond donors (Lipinski definition) is 1. The van der Waals surface area contributed by atoms with E-state index < -0.39 is 0 Å². The van der Waals surface area contributed by atoms with Crippen molar-refractivity contribution in [3.8, 4) is 0 Å². The first-order valence-corrected chi connectivity index (χ1v) is 6.13. The van der Waals surface area contributed by atoms with E-state index in [4.69, 9.17) is 1.37 Å². The lowest BCUT2D eigenvalue weighted by Crippen LogP contribution is -2.34. The zero-order valence-electron chi connectivity index (χ0n) is 11.7. The maximum atomic E-state index is 12.0. The summed E-state index contributed by atoms with van der Waals surface area (Å²) in [7, 11) is 0. The Hall–Kier alpha value is -1.84. The Morgan fingerprint density at radius 2 is 2.11 bits per heavy atom. The summed E-state index contributed by atoms with van der Waals surface area (Å²) in [5, 5.41) is 2.84. The molecule has 0 bridgehead atoms. The van der Waals surface area contributed by atoms with Crippen LogP contribution in [0.3, 0.4) is 0 Å². The van der Waals surface area contributed by atoms with E-state index in [1.807, 2.05) is 13.8 Å². The van der Waals surface area contributed by atoms with Crippen LogP contribution in [0.15, 0.2) is 18.2 Å². The number of amides is 2. The molecule has 1 saturated heterocycles. The summed E-state index contributed by atoms with van der Waals surface area (Å²) in [4.78, 5) is 25.0. The van der Waals surface area contributed by atoms with Gasteiger partial charge in [0.05, 0.1) is 7.92 Å². The molecule has 4 heteroatoms. The average molecular weight is 247 g/mol. The van der Waals surface area contributed by atoms with Gasteiger partial charge in [-0.1, -0.05) is 18.2 Å². The summed E-state index contributed by atoms with van der Waals surface area (Å²) in [5.41, 5.74) is 2.48. The summed E-state index contributed by atoms with van der Waals surface area (Å²) < 4.78 is 7.60. The van der Waals surface area contributed by atoms with Gasteiger partial charge in [-0.2, -0.15) is 0 Å². The van der Waals surface area contributed by atoms with E-state index in [1.165, 1.54) is 0 Å². The third-order valence-electron chi connectivity index (χ3n) is 3.16. The zero-order valence-corrected chi connectivity index (χ0v) is 10.7. The normalized spacial score (nSPS) is 15.8. The Morgan fingerprint density at radius 3 is 2.67 bits per heavy atom. The minimum Gasteiger partial charge on any atom is -0.333 e. The number of anilines is 1. The lowest BCUT2D eigenvalue weighted by atomic mass is 10.1. The summed E-state index contributed by atoms with van der Waals surface area (Å²) >= 11 is 0. The van der Waals surface area contributed by atoms with Gasteiger partial charge in [0.2, 0.25) is 11.8 Å². The average Bonchev–Trinajstić information content (AvgIpc) is 2.69. The van der Waals surface area contributed by atoms with Crippen LogP contribution in [-0.2, 0) is 9.59 Å². The van der Waals surface area contributed by atoms with Crippen molar-refractivity contribution in [2.45, 2.75) is 26.7 Å². The highest BCUT2D eigenvalue weighted by Gasteiger charge is 2.22. The molecule has 4 nitrogen and oxygen atoms in total. The standard InChI is InChI=1S/C14H18N2O2/c1-10-5-3-6-11(2)14(10)15-12(17)9-16-8-4-7-13(16)18/h3,5-6H,4,7-9H2,1-2H3,(H,15,17)/i3D. The molecule has 1 fully saturated rings. The molecule has 1 aliphatic heterocycles. The number of nitrogens with zero attached hydrogens (tertiary/aromatic N) is 1. The first-order valence-electron chi connectivity index (χ1n) is 6.63. The second-order valence-corrected chi connectivity index (χ2v) is 4.66. The summed E-state index contributed by atoms with van der Waals surface area (Å²) in [6.07, 6.45) is 1.37. The van der Waals surface area contributed by atoms with Gasteiger partial charge in [0.15, 0.2) is 0 Å². The van der Waals surface area contributed by atoms with E-state index in [-0.39, 0.29) is 18.4 Å². The Morgan fingerprint density at radius 1 is 1.44 bits per heavy atom. The molecule has 18 heavy (non-hydrogen) atoms. The fourth-order valence-corrected chi connectivity index (χ4v) is 2.17. The van der Waals surface area contributed by atoms with Crippen LogP contribution in [0, 0.1) is 13.8 Å². The van der Waals surface area contributed by atoms with Gasteiger partial charge < -0.3 is 10.2 Å². The van der Waals surface area contributed by atoms with E-state index in [0.29, 0.717) is 19.0 Å². The first kappa shape index (κ1) is 11.3. The molecule has 0 saturated carbocycles. The van der Waals surface area contributed by atoms with Gasteiger partial charge in [-0.15, -0.1) is 0 Å². The Balaban J connectivity index is 2.05. The molecule has 0 unspecified atom stereocenters. The van der Waals surface area contributed by atoms with Crippen LogP contribution in [0.25, 0.3) is 0 Å². The minimum absolute atomic E-state index is 0.0464. The molecular formula is C14H18N2O2. The third-order valence-corrected chi connectivity index (χ3v) is 3.16. The number of rotatable bonds is 3. The number of benzene rings is 1. The van der Waals surface area contributed by atoms with E-state index in [1.54, 1.807) is 17.0 Å². The molecule has 1 aliphatic rings. The molecule has 1 aromatic rings. The molecule has 0 aromatic heterocycles. The monoisotopic (exact) mass is 247 g/mol. The van der Waals surface area contributed by atoms with Crippen molar-refractivity contribution >= 4 is 17.5 Å². The molecule has 96 valence electrons. The Kier molecular flexibility index (Phi) is 3.26. The molecule has 0 spiro atoms. The van der Waals surface area contributed by atoms with Crippen molar-refractivity contribution in [2.75, 3.05) is 18.4 Å². The van der Waals surface area contributed by atoms with E-state index in [2.05, 4.69) is 5.32 Å². The van der Waals surface area contributed by atoms with Crippen molar-refractivity contribution in [1.29, 1.82) is 0 Å². The predicted octanol–water partition coefficient (Wildman–Crippen LogP) is 1.86. The van der Waals surface area contributed by atoms with Crippen LogP contribution >= 0.6 is 0 Å². The lowest BCUT2D eigenvalue weighted by molar-refractivity contribution is -0.131. The predicted molar refractivity (Wildman–Crippen MR) is 70.4 cm³/mol. The molecule has 0 atom stereocenters. The van der Waals surface area contributed by atoms with Crippen LogP contribution in [-0.4, -0.2) is 29.8 Å². The molecule has 1 N–H and O–H groups in total. The van der Waals surface area contributed by atoms with Crippen LogP contribution in [0.1, 0.15) is 25.3 Å². The summed E-state index contributed by atoms with van der Waals surface area (Å²) in [6.45, 7) is 4.50. The molecule has 1 aromatic carbocycles. The van der Waals surface area contributed by atoms with Gasteiger partial charge in [-0.3, -0.25) is 9.59 Å². The minimum atomic E-state index is -0.181. The first-order chi connectivity index (χ1) is 8.97. The highest BCUT2D eigenvalue weighted by molar-refractivity contribution is 5.96. The van der Waals surface area contributed by atoms with Crippen molar-refractivity contribution in [3.05, 3.63) is 29.3 Å². The molecule has 0 aliphatic carbocycles. The lowest BCUT2D eigenvalue weighted by Gasteiger charge is -2.16. The van der Waals surface area contributed by atoms with Gasteiger partial charge in [-0.05, 0) is 31.4 Å². The Labute approximate surface area is 108 Å². The smallest absolute Gasteiger partial charge is 0.244 e. The summed E-state index contributed by atoms with van der Waals surface area (Å²) in [6, 6.07) is 3.86. The molecule has 0 radical (unpaired) electrons. The van der Waals surface area contributed by atoms with E-state index in [9.17, 15) is 9.59 Å². The number of hydrogen-bond acceptors (Lipinski definition) is 2. The van der Waals surface area contributed by atoms with Crippen molar-refractivity contribution < 1.29 is 11.0 Å². The molecular weight excluding hydrogens is 228 g/mol. The van der Waals surface area contributed by atoms with E-state index >= 15 is 0 Å². The largest absolute Gasteiger partial charge is 0.333 e. The molecule has 2 rings (SSSR count). The maximum absolute atomic E-state index is 12.0. The van der Waals surface area contributed by atoms with Gasteiger partial charge in [-0.25, -0.2) is 0 Å². The maximum Gasteiger partial charge on any atom is 0.244 e. The highest BCUT2D eigenvalue weighted by Crippen LogP contribution is 2.19. The van der Waals surface area contributed by atoms with Crippen LogP contribution < -0.4 is 5.32 Å². The van der Waals surface area contributed by atoms with Crippen LogP contribution in [0.5, 0.6) is 0 Å². The van der Waals surface area contributed by atoms with Crippen molar-refractivity contribution in [2.24, 2.45) is 0 Å². The Bertz CT molecular complexity index is 505. The fourth-order valence-electron chi connectivity index (χ4n) is 2.17. The quantitative estimate of drug-likeness (QED) is 0.886. The van der Waals surface area contributed by atoms with Crippen molar-refractivity contribution in [3.63, 3.8) is 0 Å².